The lowest BCUT2D eigenvalue weighted by atomic mass is 9.85. The van der Waals surface area contributed by atoms with E-state index >= 15 is 0 Å². The van der Waals surface area contributed by atoms with Crippen LogP contribution < -0.4 is 0 Å². The van der Waals surface area contributed by atoms with Crippen LogP contribution in [0.1, 0.15) is 52.9 Å². The first kappa shape index (κ1) is 19.5. The van der Waals surface area contributed by atoms with Gasteiger partial charge in [0.1, 0.15) is 5.92 Å². The van der Waals surface area contributed by atoms with Gasteiger partial charge in [0, 0.05) is 12.1 Å². The Morgan fingerprint density at radius 1 is 1.11 bits per heavy atom. The van der Waals surface area contributed by atoms with Crippen molar-refractivity contribution in [2.45, 2.75) is 32.7 Å². The molecule has 0 amide bonds. The Morgan fingerprint density at radius 3 is 2.30 bits per heavy atom. The largest absolute Gasteiger partial charge is 0.395 e. The Labute approximate surface area is 160 Å². The monoisotopic (exact) mass is 365 g/mol. The maximum atomic E-state index is 13.2. The summed E-state index contributed by atoms with van der Waals surface area (Å²) in [7, 11) is 0. The first-order valence-electron chi connectivity index (χ1n) is 9.50. The minimum absolute atomic E-state index is 0.0424. The molecule has 0 radical (unpaired) electrons. The molecule has 0 saturated carbocycles. The number of hydrogen-bond acceptors (Lipinski definition) is 4. The van der Waals surface area contributed by atoms with Gasteiger partial charge in [-0.15, -0.1) is 0 Å². The highest BCUT2D eigenvalue weighted by atomic mass is 16.3. The molecule has 1 heterocycles. The molecule has 142 valence electrons. The van der Waals surface area contributed by atoms with Crippen LogP contribution in [0.15, 0.2) is 48.5 Å². The molecule has 3 rings (SSSR count). The normalized spacial score (nSPS) is 20.4. The summed E-state index contributed by atoms with van der Waals surface area (Å²) in [4.78, 5) is 27.8. The van der Waals surface area contributed by atoms with E-state index in [0.717, 1.165) is 11.1 Å². The number of hydrogen-bond donors (Lipinski definition) is 1. The molecule has 1 fully saturated rings. The topological polar surface area (TPSA) is 57.6 Å². The average Bonchev–Trinajstić information content (AvgIpc) is 2.98. The standard InChI is InChI=1S/C23H27NO3/c1-15(2)17-8-10-18(11-9-17)22-21(20(26)14-24(22)12-13-25)23(27)19-6-4-16(3)5-7-19/h4-11,15,21-22,25H,12-14H2,1-3H3. The summed E-state index contributed by atoms with van der Waals surface area (Å²) in [5, 5.41) is 9.43. The summed E-state index contributed by atoms with van der Waals surface area (Å²) < 4.78 is 0. The molecule has 2 aromatic rings. The summed E-state index contributed by atoms with van der Waals surface area (Å²) in [6.45, 7) is 6.77. The maximum Gasteiger partial charge on any atom is 0.175 e. The number of aliphatic hydroxyl groups excluding tert-OH is 1. The van der Waals surface area contributed by atoms with Gasteiger partial charge in [0.05, 0.1) is 19.2 Å². The molecule has 0 bridgehead atoms. The molecule has 2 atom stereocenters. The number of nitrogens with zero attached hydrogens (tertiary/aromatic N) is 1. The zero-order valence-corrected chi connectivity index (χ0v) is 16.2. The molecule has 4 nitrogen and oxygen atoms in total. The number of aryl methyl sites for hydroxylation is 1. The van der Waals surface area contributed by atoms with E-state index < -0.39 is 5.92 Å². The number of benzene rings is 2. The molecule has 1 aliphatic heterocycles. The lowest BCUT2D eigenvalue weighted by molar-refractivity contribution is -0.118. The van der Waals surface area contributed by atoms with Crippen molar-refractivity contribution >= 4 is 11.6 Å². The lowest BCUT2D eigenvalue weighted by Gasteiger charge is -2.27. The number of ketones is 2. The first-order chi connectivity index (χ1) is 12.9. The molecule has 4 heteroatoms. The zero-order valence-electron chi connectivity index (χ0n) is 16.2. The Hall–Kier alpha value is -2.30. The van der Waals surface area contributed by atoms with Crippen LogP contribution in [0.4, 0.5) is 0 Å². The predicted molar refractivity (Wildman–Crippen MR) is 106 cm³/mol. The molecule has 0 aromatic heterocycles. The second kappa shape index (κ2) is 8.15. The van der Waals surface area contributed by atoms with Crippen LogP contribution in [-0.2, 0) is 4.79 Å². The fourth-order valence-corrected chi connectivity index (χ4v) is 3.80. The van der Waals surface area contributed by atoms with Gasteiger partial charge in [-0.2, -0.15) is 0 Å². The summed E-state index contributed by atoms with van der Waals surface area (Å²) in [6.07, 6.45) is 0. The fourth-order valence-electron chi connectivity index (χ4n) is 3.80. The van der Waals surface area contributed by atoms with Crippen molar-refractivity contribution in [3.8, 4) is 0 Å². The lowest BCUT2D eigenvalue weighted by Crippen LogP contribution is -2.31. The second-order valence-electron chi connectivity index (χ2n) is 7.63. The molecule has 2 aromatic carbocycles. The smallest absolute Gasteiger partial charge is 0.175 e. The van der Waals surface area contributed by atoms with Crippen molar-refractivity contribution in [2.75, 3.05) is 19.7 Å². The van der Waals surface area contributed by atoms with Crippen LogP contribution in [0.25, 0.3) is 0 Å². The summed E-state index contributed by atoms with van der Waals surface area (Å²) in [5.74, 6) is -0.530. The van der Waals surface area contributed by atoms with Crippen LogP contribution in [0.3, 0.4) is 0 Å². The quantitative estimate of drug-likeness (QED) is 0.628. The van der Waals surface area contributed by atoms with E-state index in [4.69, 9.17) is 0 Å². The van der Waals surface area contributed by atoms with E-state index in [1.807, 2.05) is 36.1 Å². The van der Waals surface area contributed by atoms with Gasteiger partial charge < -0.3 is 5.11 Å². The molecule has 0 spiro atoms. The van der Waals surface area contributed by atoms with Crippen molar-refractivity contribution in [1.82, 2.24) is 4.90 Å². The number of rotatable bonds is 6. The van der Waals surface area contributed by atoms with Gasteiger partial charge in [-0.1, -0.05) is 67.9 Å². The van der Waals surface area contributed by atoms with Crippen molar-refractivity contribution in [2.24, 2.45) is 5.92 Å². The fraction of sp³-hybridized carbons (Fsp3) is 0.391. The number of carbonyl (C=O) groups is 2. The molecule has 1 aliphatic rings. The van der Waals surface area contributed by atoms with Gasteiger partial charge in [0.25, 0.3) is 0 Å². The third kappa shape index (κ3) is 4.02. The van der Waals surface area contributed by atoms with E-state index in [1.54, 1.807) is 12.1 Å². The van der Waals surface area contributed by atoms with E-state index in [0.29, 0.717) is 18.0 Å². The molecule has 1 N–H and O–H groups in total. The minimum atomic E-state index is -0.732. The third-order valence-electron chi connectivity index (χ3n) is 5.37. The highest BCUT2D eigenvalue weighted by Crippen LogP contribution is 2.37. The van der Waals surface area contributed by atoms with Gasteiger partial charge in [-0.3, -0.25) is 14.5 Å². The molecule has 0 aliphatic carbocycles. The van der Waals surface area contributed by atoms with Gasteiger partial charge in [0.2, 0.25) is 0 Å². The Balaban J connectivity index is 1.97. The zero-order chi connectivity index (χ0) is 19.6. The Kier molecular flexibility index (Phi) is 5.88. The van der Waals surface area contributed by atoms with E-state index in [2.05, 4.69) is 26.0 Å². The number of Topliss-reactive ketones (excluding diaryl/α,β-unsaturated/α-hetero) is 2. The van der Waals surface area contributed by atoms with E-state index in [9.17, 15) is 14.7 Å². The van der Waals surface area contributed by atoms with Crippen LogP contribution in [0.2, 0.25) is 0 Å². The van der Waals surface area contributed by atoms with Gasteiger partial charge in [0.15, 0.2) is 11.6 Å². The molecular formula is C23H27NO3. The first-order valence-corrected chi connectivity index (χ1v) is 9.50. The molecule has 27 heavy (non-hydrogen) atoms. The minimum Gasteiger partial charge on any atom is -0.395 e. The maximum absolute atomic E-state index is 13.2. The summed E-state index contributed by atoms with van der Waals surface area (Å²) >= 11 is 0. The number of β-amino-alcohol motifs (C(OH)–C–C–N with tert-alkyl or cyclic N) is 1. The highest BCUT2D eigenvalue weighted by Gasteiger charge is 2.45. The van der Waals surface area contributed by atoms with Crippen molar-refractivity contribution in [3.63, 3.8) is 0 Å². The predicted octanol–water partition coefficient (Wildman–Crippen LogP) is 3.54. The Bertz CT molecular complexity index is 809. The van der Waals surface area contributed by atoms with E-state index in [1.165, 1.54) is 5.56 Å². The summed E-state index contributed by atoms with van der Waals surface area (Å²) in [5.41, 5.74) is 3.81. The molecule has 2 unspecified atom stereocenters. The number of likely N-dealkylation sites (tertiary alicyclic amines) is 1. The molecular weight excluding hydrogens is 338 g/mol. The summed E-state index contributed by atoms with van der Waals surface area (Å²) in [6, 6.07) is 15.2. The van der Waals surface area contributed by atoms with Crippen LogP contribution in [0, 0.1) is 12.8 Å². The van der Waals surface area contributed by atoms with Gasteiger partial charge >= 0.3 is 0 Å². The highest BCUT2D eigenvalue weighted by molar-refractivity contribution is 6.13. The van der Waals surface area contributed by atoms with Gasteiger partial charge in [-0.05, 0) is 24.0 Å². The SMILES string of the molecule is Cc1ccc(C(=O)C2C(=O)CN(CCO)C2c2ccc(C(C)C)cc2)cc1. The van der Waals surface area contributed by atoms with E-state index in [-0.39, 0.29) is 30.8 Å². The second-order valence-corrected chi connectivity index (χ2v) is 7.63. The molecule has 1 saturated heterocycles. The van der Waals surface area contributed by atoms with Crippen LogP contribution in [0.5, 0.6) is 0 Å². The third-order valence-corrected chi connectivity index (χ3v) is 5.37. The average molecular weight is 365 g/mol. The van der Waals surface area contributed by atoms with Crippen LogP contribution in [-0.4, -0.2) is 41.3 Å². The number of aliphatic hydroxyl groups is 1. The van der Waals surface area contributed by atoms with Crippen molar-refractivity contribution < 1.29 is 14.7 Å². The Morgan fingerprint density at radius 2 is 1.74 bits per heavy atom. The van der Waals surface area contributed by atoms with Crippen molar-refractivity contribution in [3.05, 3.63) is 70.8 Å². The van der Waals surface area contributed by atoms with Crippen molar-refractivity contribution in [1.29, 1.82) is 0 Å². The van der Waals surface area contributed by atoms with Gasteiger partial charge in [-0.25, -0.2) is 0 Å². The number of carbonyl (C=O) groups excluding carboxylic acids is 2. The van der Waals surface area contributed by atoms with Crippen LogP contribution >= 0.6 is 0 Å².